The van der Waals surface area contributed by atoms with E-state index in [-0.39, 0.29) is 0 Å². The van der Waals surface area contributed by atoms with Crippen LogP contribution in [0.15, 0.2) is 38.7 Å². The van der Waals surface area contributed by atoms with Gasteiger partial charge in [0, 0.05) is 16.4 Å². The Bertz CT molecular complexity index is 456. The molecule has 0 saturated carbocycles. The predicted molar refractivity (Wildman–Crippen MR) is 71.3 cm³/mol. The molecule has 0 fully saturated rings. The van der Waals surface area contributed by atoms with Crippen molar-refractivity contribution in [2.24, 2.45) is 0 Å². The highest BCUT2D eigenvalue weighted by Gasteiger charge is 2.01. The lowest BCUT2D eigenvalue weighted by Crippen LogP contribution is -1.99. The van der Waals surface area contributed by atoms with E-state index in [1.54, 1.807) is 11.3 Å². The van der Waals surface area contributed by atoms with E-state index >= 15 is 0 Å². The fraction of sp³-hybridized carbons (Fsp3) is 0.100. The summed E-state index contributed by atoms with van der Waals surface area (Å²) in [4.78, 5) is 4.26. The minimum absolute atomic E-state index is 0.779. The highest BCUT2D eigenvalue weighted by atomic mass is 79.9. The second-order valence-corrected chi connectivity index (χ2v) is 5.45. The first kappa shape index (κ1) is 11.1. The molecule has 1 heterocycles. The minimum atomic E-state index is 0.779. The van der Waals surface area contributed by atoms with Crippen molar-refractivity contribution in [3.8, 4) is 0 Å². The molecule has 1 aromatic heterocycles. The molecule has 1 N–H and O–H groups in total. The van der Waals surface area contributed by atoms with Crippen LogP contribution in [0.2, 0.25) is 0 Å². The monoisotopic (exact) mass is 346 g/mol. The summed E-state index contributed by atoms with van der Waals surface area (Å²) in [5.41, 5.74) is 1.23. The van der Waals surface area contributed by atoms with Gasteiger partial charge in [0.25, 0.3) is 0 Å². The Morgan fingerprint density at radius 1 is 1.27 bits per heavy atom. The molecule has 0 atom stereocenters. The maximum atomic E-state index is 4.26. The molecular weight excluding hydrogens is 340 g/mol. The molecule has 0 spiro atoms. The Morgan fingerprint density at radius 2 is 2.07 bits per heavy atom. The number of hydrogen-bond donors (Lipinski definition) is 1. The molecule has 0 radical (unpaired) electrons. The van der Waals surface area contributed by atoms with Gasteiger partial charge in [-0.05, 0) is 27.6 Å². The lowest BCUT2D eigenvalue weighted by molar-refractivity contribution is 1.12. The van der Waals surface area contributed by atoms with Gasteiger partial charge >= 0.3 is 0 Å². The number of hydrogen-bond acceptors (Lipinski definition) is 3. The number of nitrogens with one attached hydrogen (secondary N) is 1. The van der Waals surface area contributed by atoms with E-state index in [0.717, 1.165) is 20.8 Å². The van der Waals surface area contributed by atoms with Gasteiger partial charge in [-0.2, -0.15) is 0 Å². The van der Waals surface area contributed by atoms with Crippen molar-refractivity contribution in [1.82, 2.24) is 4.98 Å². The number of rotatable bonds is 3. The molecule has 1 aromatic carbocycles. The van der Waals surface area contributed by atoms with E-state index in [4.69, 9.17) is 0 Å². The molecule has 0 saturated heterocycles. The number of nitrogens with zero attached hydrogens (tertiary/aromatic N) is 1. The third-order valence-corrected chi connectivity index (χ3v) is 4.15. The SMILES string of the molecule is Brc1csc(NCc2ccccc2Br)n1. The maximum Gasteiger partial charge on any atom is 0.184 e. The number of thiazole rings is 1. The van der Waals surface area contributed by atoms with E-state index in [1.165, 1.54) is 5.56 Å². The van der Waals surface area contributed by atoms with Crippen LogP contribution >= 0.6 is 43.2 Å². The van der Waals surface area contributed by atoms with Crippen molar-refractivity contribution in [3.63, 3.8) is 0 Å². The summed E-state index contributed by atoms with van der Waals surface area (Å²) >= 11 is 8.42. The second-order valence-electron chi connectivity index (χ2n) is 2.92. The van der Waals surface area contributed by atoms with Gasteiger partial charge in [-0.25, -0.2) is 4.98 Å². The first-order valence-corrected chi connectivity index (χ1v) is 6.80. The quantitative estimate of drug-likeness (QED) is 0.896. The molecule has 2 nitrogen and oxygen atoms in total. The molecule has 0 amide bonds. The van der Waals surface area contributed by atoms with Crippen LogP contribution < -0.4 is 5.32 Å². The second kappa shape index (κ2) is 5.09. The summed E-state index contributed by atoms with van der Waals surface area (Å²) in [6, 6.07) is 8.15. The van der Waals surface area contributed by atoms with Crippen LogP contribution in [0.5, 0.6) is 0 Å². The van der Waals surface area contributed by atoms with Gasteiger partial charge in [0.05, 0.1) is 0 Å². The van der Waals surface area contributed by atoms with Gasteiger partial charge in [-0.1, -0.05) is 34.1 Å². The normalized spacial score (nSPS) is 10.3. The van der Waals surface area contributed by atoms with Gasteiger partial charge < -0.3 is 5.32 Å². The summed E-state index contributed by atoms with van der Waals surface area (Å²) in [5, 5.41) is 6.16. The van der Waals surface area contributed by atoms with Gasteiger partial charge in [0.2, 0.25) is 0 Å². The average Bonchev–Trinajstić information content (AvgIpc) is 2.63. The Hall–Kier alpha value is -0.390. The Morgan fingerprint density at radius 3 is 2.73 bits per heavy atom. The fourth-order valence-corrected chi connectivity index (χ4v) is 2.72. The summed E-state index contributed by atoms with van der Waals surface area (Å²) < 4.78 is 2.00. The fourth-order valence-electron chi connectivity index (χ4n) is 1.15. The highest BCUT2D eigenvalue weighted by molar-refractivity contribution is 9.10. The topological polar surface area (TPSA) is 24.9 Å². The van der Waals surface area contributed by atoms with Crippen molar-refractivity contribution in [2.45, 2.75) is 6.54 Å². The molecule has 0 aliphatic rings. The standard InChI is InChI=1S/C10H8Br2N2S/c11-8-4-2-1-3-7(8)5-13-10-14-9(12)6-15-10/h1-4,6H,5H2,(H,13,14). The largest absolute Gasteiger partial charge is 0.357 e. The molecule has 0 aliphatic heterocycles. The zero-order valence-electron chi connectivity index (χ0n) is 7.71. The van der Waals surface area contributed by atoms with Crippen LogP contribution in [0, 0.1) is 0 Å². The zero-order chi connectivity index (χ0) is 10.7. The smallest absolute Gasteiger partial charge is 0.184 e. The van der Waals surface area contributed by atoms with Crippen LogP contribution in [-0.4, -0.2) is 4.98 Å². The molecule has 2 rings (SSSR count). The number of halogens is 2. The number of anilines is 1. The van der Waals surface area contributed by atoms with Crippen molar-refractivity contribution >= 4 is 48.3 Å². The molecule has 5 heteroatoms. The first-order valence-electron chi connectivity index (χ1n) is 4.34. The van der Waals surface area contributed by atoms with Gasteiger partial charge in [-0.15, -0.1) is 11.3 Å². The summed E-state index contributed by atoms with van der Waals surface area (Å²) in [6.07, 6.45) is 0. The van der Waals surface area contributed by atoms with Crippen molar-refractivity contribution in [3.05, 3.63) is 44.3 Å². The van der Waals surface area contributed by atoms with Crippen molar-refractivity contribution in [2.75, 3.05) is 5.32 Å². The molecule has 0 aliphatic carbocycles. The van der Waals surface area contributed by atoms with Gasteiger partial charge in [0.1, 0.15) is 4.60 Å². The average molecular weight is 348 g/mol. The van der Waals surface area contributed by atoms with E-state index < -0.39 is 0 Å². The van der Waals surface area contributed by atoms with Crippen molar-refractivity contribution < 1.29 is 0 Å². The number of benzene rings is 1. The Labute approximate surface area is 109 Å². The molecule has 2 aromatic rings. The molecule has 0 bridgehead atoms. The maximum absolute atomic E-state index is 4.26. The first-order chi connectivity index (χ1) is 7.25. The number of aromatic nitrogens is 1. The minimum Gasteiger partial charge on any atom is -0.357 e. The zero-order valence-corrected chi connectivity index (χ0v) is 11.7. The Kier molecular flexibility index (Phi) is 3.77. The summed E-state index contributed by atoms with van der Waals surface area (Å²) in [5.74, 6) is 0. The van der Waals surface area contributed by atoms with Crippen LogP contribution in [0.25, 0.3) is 0 Å². The lowest BCUT2D eigenvalue weighted by Gasteiger charge is -2.04. The van der Waals surface area contributed by atoms with E-state index in [1.807, 2.05) is 23.6 Å². The molecule has 78 valence electrons. The summed E-state index contributed by atoms with van der Waals surface area (Å²) in [6.45, 7) is 0.779. The summed E-state index contributed by atoms with van der Waals surface area (Å²) in [7, 11) is 0. The van der Waals surface area contributed by atoms with E-state index in [2.05, 4.69) is 48.2 Å². The van der Waals surface area contributed by atoms with Crippen LogP contribution in [0.3, 0.4) is 0 Å². The van der Waals surface area contributed by atoms with E-state index in [9.17, 15) is 0 Å². The van der Waals surface area contributed by atoms with Crippen molar-refractivity contribution in [1.29, 1.82) is 0 Å². The third-order valence-electron chi connectivity index (χ3n) is 1.86. The predicted octanol–water partition coefficient (Wildman–Crippen LogP) is 4.28. The Balaban J connectivity index is 2.02. The molecular formula is C10H8Br2N2S. The van der Waals surface area contributed by atoms with Gasteiger partial charge in [0.15, 0.2) is 5.13 Å². The highest BCUT2D eigenvalue weighted by Crippen LogP contribution is 2.21. The van der Waals surface area contributed by atoms with Gasteiger partial charge in [-0.3, -0.25) is 0 Å². The molecule has 15 heavy (non-hydrogen) atoms. The molecule has 0 unspecified atom stereocenters. The lowest BCUT2D eigenvalue weighted by atomic mass is 10.2. The third kappa shape index (κ3) is 3.03. The van der Waals surface area contributed by atoms with Crippen LogP contribution in [0.4, 0.5) is 5.13 Å². The van der Waals surface area contributed by atoms with Crippen LogP contribution in [-0.2, 0) is 6.54 Å². The van der Waals surface area contributed by atoms with E-state index in [0.29, 0.717) is 0 Å². The van der Waals surface area contributed by atoms with Crippen LogP contribution in [0.1, 0.15) is 5.56 Å².